The molecule has 0 aliphatic rings. The summed E-state index contributed by atoms with van der Waals surface area (Å²) in [6, 6.07) is 9.56. The molecule has 0 fully saturated rings. The van der Waals surface area contributed by atoms with Gasteiger partial charge < -0.3 is 10.6 Å². The van der Waals surface area contributed by atoms with Crippen LogP contribution >= 0.6 is 11.8 Å². The molecule has 112 valence electrons. The molecule has 1 atom stereocenters. The van der Waals surface area contributed by atoms with Crippen molar-refractivity contribution in [3.63, 3.8) is 0 Å². The van der Waals surface area contributed by atoms with Gasteiger partial charge >= 0.3 is 0 Å². The first-order valence-electron chi connectivity index (χ1n) is 6.74. The van der Waals surface area contributed by atoms with Crippen molar-refractivity contribution in [1.82, 2.24) is 10.6 Å². The minimum atomic E-state index is -0.471. The molecule has 1 unspecified atom stereocenters. The fourth-order valence-electron chi connectivity index (χ4n) is 1.47. The Morgan fingerprint density at radius 2 is 1.80 bits per heavy atom. The Balaban J connectivity index is 0.00000172. The van der Waals surface area contributed by atoms with Gasteiger partial charge in [0.1, 0.15) is 6.04 Å². The highest BCUT2D eigenvalue weighted by atomic mass is 32.2. The van der Waals surface area contributed by atoms with Crippen molar-refractivity contribution in [3.8, 4) is 0 Å². The van der Waals surface area contributed by atoms with Crippen LogP contribution in [0.2, 0.25) is 0 Å². The zero-order valence-electron chi connectivity index (χ0n) is 12.6. The van der Waals surface area contributed by atoms with E-state index in [0.29, 0.717) is 5.75 Å². The average molecular weight is 296 g/mol. The second kappa shape index (κ2) is 11.3. The molecule has 2 N–H and O–H groups in total. The van der Waals surface area contributed by atoms with Crippen LogP contribution in [0.25, 0.3) is 0 Å². The van der Waals surface area contributed by atoms with Gasteiger partial charge in [0.15, 0.2) is 0 Å². The van der Waals surface area contributed by atoms with E-state index >= 15 is 0 Å². The van der Waals surface area contributed by atoms with Gasteiger partial charge in [0.05, 0.1) is 0 Å². The van der Waals surface area contributed by atoms with Crippen LogP contribution < -0.4 is 10.6 Å². The number of carbonyl (C=O) groups is 2. The number of thioether (sulfide) groups is 1. The summed E-state index contributed by atoms with van der Waals surface area (Å²) in [4.78, 5) is 22.6. The topological polar surface area (TPSA) is 58.2 Å². The summed E-state index contributed by atoms with van der Waals surface area (Å²) in [5.74, 6) is 1.04. The maximum absolute atomic E-state index is 11.6. The Bertz CT molecular complexity index is 396. The van der Waals surface area contributed by atoms with Gasteiger partial charge in [-0.1, -0.05) is 44.2 Å². The lowest BCUT2D eigenvalue weighted by atomic mass is 10.2. The van der Waals surface area contributed by atoms with Crippen molar-refractivity contribution < 1.29 is 9.59 Å². The summed E-state index contributed by atoms with van der Waals surface area (Å²) < 4.78 is 0. The van der Waals surface area contributed by atoms with Crippen molar-refractivity contribution in [1.29, 1.82) is 0 Å². The van der Waals surface area contributed by atoms with E-state index in [1.54, 1.807) is 18.8 Å². The minimum absolute atomic E-state index is 0.161. The number of hydrogen-bond acceptors (Lipinski definition) is 3. The Hall–Kier alpha value is -1.49. The van der Waals surface area contributed by atoms with Gasteiger partial charge in [0.2, 0.25) is 11.8 Å². The second-order valence-corrected chi connectivity index (χ2v) is 4.90. The van der Waals surface area contributed by atoms with Gasteiger partial charge in [0, 0.05) is 25.5 Å². The van der Waals surface area contributed by atoms with Gasteiger partial charge in [0.25, 0.3) is 0 Å². The third-order valence-electron chi connectivity index (χ3n) is 2.34. The summed E-state index contributed by atoms with van der Waals surface area (Å²) in [6.45, 7) is 5.41. The molecule has 1 aromatic carbocycles. The van der Waals surface area contributed by atoms with Crippen molar-refractivity contribution in [2.45, 2.75) is 32.6 Å². The van der Waals surface area contributed by atoms with Gasteiger partial charge in [-0.15, -0.1) is 0 Å². The number of benzene rings is 1. The molecule has 0 saturated carbocycles. The van der Waals surface area contributed by atoms with E-state index in [0.717, 1.165) is 5.75 Å². The summed E-state index contributed by atoms with van der Waals surface area (Å²) in [5.41, 5.74) is 1.21. The van der Waals surface area contributed by atoms with Crippen molar-refractivity contribution in [2.24, 2.45) is 0 Å². The van der Waals surface area contributed by atoms with Crippen LogP contribution in [0.5, 0.6) is 0 Å². The van der Waals surface area contributed by atoms with E-state index in [2.05, 4.69) is 10.6 Å². The molecule has 0 saturated heterocycles. The van der Waals surface area contributed by atoms with Crippen LogP contribution in [0, 0.1) is 0 Å². The van der Waals surface area contributed by atoms with E-state index in [9.17, 15) is 9.59 Å². The van der Waals surface area contributed by atoms with E-state index in [1.165, 1.54) is 12.5 Å². The molecule has 1 aromatic rings. The van der Waals surface area contributed by atoms with Crippen molar-refractivity contribution in [2.75, 3.05) is 12.8 Å². The van der Waals surface area contributed by atoms with Crippen LogP contribution in [0.3, 0.4) is 0 Å². The molecule has 0 aromatic heterocycles. The number of amides is 2. The first kappa shape index (κ1) is 18.5. The SMILES string of the molecule is CC.CNC(=O)C(CSCc1ccccc1)NC(C)=O. The third-order valence-corrected chi connectivity index (χ3v) is 3.44. The number of carbonyl (C=O) groups excluding carboxylic acids is 2. The molecule has 5 heteroatoms. The molecule has 4 nitrogen and oxygen atoms in total. The van der Waals surface area contributed by atoms with E-state index in [4.69, 9.17) is 0 Å². The van der Waals surface area contributed by atoms with Gasteiger partial charge in [-0.3, -0.25) is 9.59 Å². The molecular weight excluding hydrogens is 272 g/mol. The standard InChI is InChI=1S/C13H18N2O2S.C2H6/c1-10(16)15-12(13(17)14-2)9-18-8-11-6-4-3-5-7-11;1-2/h3-7,12H,8-9H2,1-2H3,(H,14,17)(H,15,16);1-2H3. The summed E-state index contributed by atoms with van der Waals surface area (Å²) in [5, 5.41) is 5.20. The number of hydrogen-bond donors (Lipinski definition) is 2. The lowest BCUT2D eigenvalue weighted by Crippen LogP contribution is -2.46. The van der Waals surface area contributed by atoms with E-state index in [1.807, 2.05) is 44.2 Å². The quantitative estimate of drug-likeness (QED) is 0.846. The Kier molecular flexibility index (Phi) is 10.5. The molecule has 20 heavy (non-hydrogen) atoms. The van der Waals surface area contributed by atoms with Crippen LogP contribution in [-0.2, 0) is 15.3 Å². The molecule has 1 rings (SSSR count). The summed E-state index contributed by atoms with van der Waals surface area (Å²) in [7, 11) is 1.57. The fourth-order valence-corrected chi connectivity index (χ4v) is 2.49. The largest absolute Gasteiger partial charge is 0.357 e. The highest BCUT2D eigenvalue weighted by Crippen LogP contribution is 2.12. The zero-order valence-corrected chi connectivity index (χ0v) is 13.4. The van der Waals surface area contributed by atoms with Gasteiger partial charge in [-0.05, 0) is 5.56 Å². The minimum Gasteiger partial charge on any atom is -0.357 e. The molecule has 0 heterocycles. The first-order valence-corrected chi connectivity index (χ1v) is 7.89. The lowest BCUT2D eigenvalue weighted by Gasteiger charge is -2.15. The van der Waals surface area contributed by atoms with Crippen LogP contribution in [0.1, 0.15) is 26.3 Å². The first-order chi connectivity index (χ1) is 9.63. The fraction of sp³-hybridized carbons (Fsp3) is 0.467. The highest BCUT2D eigenvalue weighted by Gasteiger charge is 2.17. The van der Waals surface area contributed by atoms with E-state index in [-0.39, 0.29) is 11.8 Å². The lowest BCUT2D eigenvalue weighted by molar-refractivity contribution is -0.127. The smallest absolute Gasteiger partial charge is 0.243 e. The predicted molar refractivity (Wildman–Crippen MR) is 85.6 cm³/mol. The Morgan fingerprint density at radius 3 is 2.30 bits per heavy atom. The number of nitrogens with one attached hydrogen (secondary N) is 2. The second-order valence-electron chi connectivity index (χ2n) is 3.87. The van der Waals surface area contributed by atoms with Crippen LogP contribution in [0.15, 0.2) is 30.3 Å². The van der Waals surface area contributed by atoms with Crippen LogP contribution in [0.4, 0.5) is 0 Å². The number of likely N-dealkylation sites (N-methyl/N-ethyl adjacent to an activating group) is 1. The zero-order chi connectivity index (χ0) is 15.4. The van der Waals surface area contributed by atoms with Crippen molar-refractivity contribution in [3.05, 3.63) is 35.9 Å². The normalized spacial score (nSPS) is 10.8. The van der Waals surface area contributed by atoms with Gasteiger partial charge in [-0.25, -0.2) is 0 Å². The summed E-state index contributed by atoms with van der Waals surface area (Å²) in [6.07, 6.45) is 0. The molecule has 0 radical (unpaired) electrons. The van der Waals surface area contributed by atoms with Crippen molar-refractivity contribution >= 4 is 23.6 Å². The molecule has 0 aliphatic heterocycles. The average Bonchev–Trinajstić information content (AvgIpc) is 2.48. The maximum atomic E-state index is 11.6. The summed E-state index contributed by atoms with van der Waals surface area (Å²) >= 11 is 1.62. The monoisotopic (exact) mass is 296 g/mol. The third kappa shape index (κ3) is 7.84. The predicted octanol–water partition coefficient (Wildman–Crippen LogP) is 2.20. The van der Waals surface area contributed by atoms with E-state index < -0.39 is 6.04 Å². The molecule has 0 bridgehead atoms. The molecule has 0 aliphatic carbocycles. The maximum Gasteiger partial charge on any atom is 0.243 e. The van der Waals surface area contributed by atoms with Gasteiger partial charge in [-0.2, -0.15) is 11.8 Å². The molecule has 2 amide bonds. The van der Waals surface area contributed by atoms with Crippen LogP contribution in [-0.4, -0.2) is 30.7 Å². The Labute approximate surface area is 125 Å². The Morgan fingerprint density at radius 1 is 1.20 bits per heavy atom. The highest BCUT2D eigenvalue weighted by molar-refractivity contribution is 7.98. The molecule has 0 spiro atoms. The molecular formula is C15H24N2O2S. The number of rotatable bonds is 6.